The van der Waals surface area contributed by atoms with Crippen molar-refractivity contribution in [2.45, 2.75) is 38.7 Å². The van der Waals surface area contributed by atoms with Gasteiger partial charge in [0, 0.05) is 14.2 Å². The van der Waals surface area contributed by atoms with E-state index in [0.717, 1.165) is 21.8 Å². The van der Waals surface area contributed by atoms with Crippen molar-refractivity contribution in [2.75, 3.05) is 19.5 Å². The summed E-state index contributed by atoms with van der Waals surface area (Å²) in [4.78, 5) is 9.26. The molecule has 1 aliphatic carbocycles. The van der Waals surface area contributed by atoms with Gasteiger partial charge in [-0.25, -0.2) is 9.97 Å². The molecule has 0 aromatic carbocycles. The molecule has 0 amide bonds. The van der Waals surface area contributed by atoms with E-state index in [2.05, 4.69) is 45.1 Å². The molecule has 1 atom stereocenters. The van der Waals surface area contributed by atoms with Crippen molar-refractivity contribution in [1.29, 1.82) is 0 Å². The lowest BCUT2D eigenvalue weighted by Gasteiger charge is -2.18. The Balaban J connectivity index is 2.43. The van der Waals surface area contributed by atoms with Crippen molar-refractivity contribution in [3.05, 3.63) is 16.0 Å². The van der Waals surface area contributed by atoms with E-state index >= 15 is 0 Å². The van der Waals surface area contributed by atoms with E-state index in [9.17, 15) is 0 Å². The predicted molar refractivity (Wildman–Crippen MR) is 75.8 cm³/mol. The Hall–Kier alpha value is -0.680. The van der Waals surface area contributed by atoms with Crippen LogP contribution >= 0.6 is 15.9 Å². The Morgan fingerprint density at radius 1 is 1.33 bits per heavy atom. The minimum absolute atomic E-state index is 0.0303. The molecule has 1 fully saturated rings. The van der Waals surface area contributed by atoms with Gasteiger partial charge < -0.3 is 10.1 Å². The quantitative estimate of drug-likeness (QED) is 0.903. The fourth-order valence-electron chi connectivity index (χ4n) is 2.07. The van der Waals surface area contributed by atoms with Gasteiger partial charge in [-0.3, -0.25) is 0 Å². The lowest BCUT2D eigenvalue weighted by Crippen LogP contribution is -2.13. The highest BCUT2D eigenvalue weighted by Crippen LogP contribution is 2.43. The van der Waals surface area contributed by atoms with Crippen molar-refractivity contribution in [3.63, 3.8) is 0 Å². The van der Waals surface area contributed by atoms with Crippen LogP contribution in [0.15, 0.2) is 4.47 Å². The summed E-state index contributed by atoms with van der Waals surface area (Å²) in [7, 11) is 3.61. The van der Waals surface area contributed by atoms with E-state index in [1.54, 1.807) is 7.11 Å². The average molecular weight is 314 g/mol. The molecule has 4 nitrogen and oxygen atoms in total. The zero-order chi connectivity index (χ0) is 13.3. The smallest absolute Gasteiger partial charge is 0.160 e. The summed E-state index contributed by atoms with van der Waals surface area (Å²) in [5.41, 5.74) is 1.03. The molecule has 1 aliphatic rings. The Labute approximate surface area is 117 Å². The van der Waals surface area contributed by atoms with Crippen LogP contribution in [-0.2, 0) is 4.74 Å². The van der Waals surface area contributed by atoms with Crippen molar-refractivity contribution < 1.29 is 4.74 Å². The number of aromatic nitrogens is 2. The minimum atomic E-state index is 0.0303. The van der Waals surface area contributed by atoms with Crippen LogP contribution in [0.4, 0.5) is 5.82 Å². The van der Waals surface area contributed by atoms with Crippen molar-refractivity contribution in [2.24, 2.45) is 5.92 Å². The van der Waals surface area contributed by atoms with Crippen LogP contribution in [0.5, 0.6) is 0 Å². The first-order valence-electron chi connectivity index (χ1n) is 6.36. The van der Waals surface area contributed by atoms with E-state index < -0.39 is 0 Å². The third-order valence-corrected chi connectivity index (χ3v) is 4.02. The molecular formula is C13H20BrN3O. The van der Waals surface area contributed by atoms with Crippen LogP contribution in [0.2, 0.25) is 0 Å². The standard InChI is InChI=1S/C13H20BrN3O/c1-7(2)10-9(14)12(15-3)17-13(16-10)11(18-4)8-5-6-8/h7-8,11H,5-6H2,1-4H3,(H,15,16,17). The number of anilines is 1. The lowest BCUT2D eigenvalue weighted by atomic mass is 10.1. The van der Waals surface area contributed by atoms with Gasteiger partial charge in [-0.15, -0.1) is 0 Å². The summed E-state index contributed by atoms with van der Waals surface area (Å²) >= 11 is 3.57. The number of nitrogens with zero attached hydrogens (tertiary/aromatic N) is 2. The zero-order valence-corrected chi connectivity index (χ0v) is 12.9. The van der Waals surface area contributed by atoms with Crippen LogP contribution < -0.4 is 5.32 Å². The Morgan fingerprint density at radius 3 is 2.44 bits per heavy atom. The highest BCUT2D eigenvalue weighted by Gasteiger charge is 2.35. The van der Waals surface area contributed by atoms with E-state index in [1.165, 1.54) is 12.8 Å². The third kappa shape index (κ3) is 2.67. The van der Waals surface area contributed by atoms with E-state index in [-0.39, 0.29) is 6.10 Å². The number of rotatable bonds is 5. The molecule has 1 saturated carbocycles. The molecule has 0 radical (unpaired) electrons. The van der Waals surface area contributed by atoms with Gasteiger partial charge in [0.1, 0.15) is 11.9 Å². The molecule has 5 heteroatoms. The van der Waals surface area contributed by atoms with Crippen molar-refractivity contribution >= 4 is 21.7 Å². The van der Waals surface area contributed by atoms with Crippen LogP contribution in [0.25, 0.3) is 0 Å². The van der Waals surface area contributed by atoms with Gasteiger partial charge in [0.2, 0.25) is 0 Å². The van der Waals surface area contributed by atoms with Gasteiger partial charge in [-0.2, -0.15) is 0 Å². The van der Waals surface area contributed by atoms with Crippen molar-refractivity contribution in [1.82, 2.24) is 9.97 Å². The molecule has 2 rings (SSSR count). The number of nitrogens with one attached hydrogen (secondary N) is 1. The maximum Gasteiger partial charge on any atom is 0.160 e. The summed E-state index contributed by atoms with van der Waals surface area (Å²) in [6.07, 6.45) is 2.45. The number of hydrogen-bond donors (Lipinski definition) is 1. The first-order valence-corrected chi connectivity index (χ1v) is 7.15. The molecule has 0 aliphatic heterocycles. The number of halogens is 1. The molecule has 0 bridgehead atoms. The highest BCUT2D eigenvalue weighted by molar-refractivity contribution is 9.10. The van der Waals surface area contributed by atoms with Crippen molar-refractivity contribution in [3.8, 4) is 0 Å². The molecule has 0 spiro atoms. The Morgan fingerprint density at radius 2 is 2.00 bits per heavy atom. The molecular weight excluding hydrogens is 294 g/mol. The summed E-state index contributed by atoms with van der Waals surface area (Å²) in [5.74, 6) is 2.58. The summed E-state index contributed by atoms with van der Waals surface area (Å²) < 4.78 is 6.52. The monoisotopic (exact) mass is 313 g/mol. The fraction of sp³-hybridized carbons (Fsp3) is 0.692. The van der Waals surface area contributed by atoms with E-state index in [0.29, 0.717) is 11.8 Å². The number of hydrogen-bond acceptors (Lipinski definition) is 4. The van der Waals surface area contributed by atoms with Gasteiger partial charge in [-0.1, -0.05) is 13.8 Å². The zero-order valence-electron chi connectivity index (χ0n) is 11.3. The third-order valence-electron chi connectivity index (χ3n) is 3.24. The maximum atomic E-state index is 5.57. The Kier molecular flexibility index (Phi) is 4.22. The van der Waals surface area contributed by atoms with Gasteiger partial charge in [0.25, 0.3) is 0 Å². The maximum absolute atomic E-state index is 5.57. The SMILES string of the molecule is CNc1nc(C(OC)C2CC2)nc(C(C)C)c1Br. The van der Waals surface area contributed by atoms with Crippen LogP contribution in [0.3, 0.4) is 0 Å². The minimum Gasteiger partial charge on any atom is -0.373 e. The topological polar surface area (TPSA) is 47.0 Å². The molecule has 100 valence electrons. The molecule has 1 unspecified atom stereocenters. The first-order chi connectivity index (χ1) is 8.58. The molecule has 1 aromatic heterocycles. The molecule has 1 N–H and O–H groups in total. The molecule has 1 heterocycles. The van der Waals surface area contributed by atoms with Crippen LogP contribution in [-0.4, -0.2) is 24.1 Å². The predicted octanol–water partition coefficient (Wildman–Crippen LogP) is 3.50. The second kappa shape index (κ2) is 5.53. The second-order valence-electron chi connectivity index (χ2n) is 5.03. The van der Waals surface area contributed by atoms with Gasteiger partial charge in [0.15, 0.2) is 5.82 Å². The van der Waals surface area contributed by atoms with E-state index in [4.69, 9.17) is 4.74 Å². The van der Waals surface area contributed by atoms with Gasteiger partial charge >= 0.3 is 0 Å². The van der Waals surface area contributed by atoms with Crippen LogP contribution in [0, 0.1) is 5.92 Å². The summed E-state index contributed by atoms with van der Waals surface area (Å²) in [6, 6.07) is 0. The molecule has 0 saturated heterocycles. The number of methoxy groups -OCH3 is 1. The molecule has 1 aromatic rings. The average Bonchev–Trinajstić information content (AvgIpc) is 3.15. The summed E-state index contributed by atoms with van der Waals surface area (Å²) in [5, 5.41) is 3.12. The largest absolute Gasteiger partial charge is 0.373 e. The van der Waals surface area contributed by atoms with E-state index in [1.807, 2.05) is 7.05 Å². The lowest BCUT2D eigenvalue weighted by molar-refractivity contribution is 0.0770. The molecule has 18 heavy (non-hydrogen) atoms. The van der Waals surface area contributed by atoms with Gasteiger partial charge in [-0.05, 0) is 40.6 Å². The normalized spacial score (nSPS) is 17.0. The first kappa shape index (κ1) is 13.7. The number of ether oxygens (including phenoxy) is 1. The highest BCUT2D eigenvalue weighted by atomic mass is 79.9. The second-order valence-corrected chi connectivity index (χ2v) is 5.82. The fourth-order valence-corrected chi connectivity index (χ4v) is 2.90. The van der Waals surface area contributed by atoms with Gasteiger partial charge in [0.05, 0.1) is 10.2 Å². The summed E-state index contributed by atoms with van der Waals surface area (Å²) in [6.45, 7) is 4.27. The Bertz CT molecular complexity index is 432. The van der Waals surface area contributed by atoms with Crippen LogP contribution in [0.1, 0.15) is 50.2 Å².